The number of hydrogen-bond acceptors (Lipinski definition) is 5. The number of carboxylic acids is 1. The molecule has 0 spiro atoms. The van der Waals surface area contributed by atoms with Gasteiger partial charge in [-0.1, -0.05) is 6.58 Å². The fraction of sp³-hybridized carbons (Fsp3) is 0.368. The van der Waals surface area contributed by atoms with Crippen molar-refractivity contribution >= 4 is 22.6 Å². The third-order valence-corrected chi connectivity index (χ3v) is 5.40. The second-order valence-electron chi connectivity index (χ2n) is 7.55. The average Bonchev–Trinajstić information content (AvgIpc) is 2.84. The Labute approximate surface area is 154 Å². The summed E-state index contributed by atoms with van der Waals surface area (Å²) >= 11 is 0. The van der Waals surface area contributed by atoms with Gasteiger partial charge in [0.15, 0.2) is 11.6 Å². The second kappa shape index (κ2) is 5.56. The zero-order valence-electron chi connectivity index (χ0n) is 15.1. The number of aromatic carboxylic acids is 1. The van der Waals surface area contributed by atoms with Crippen LogP contribution in [-0.2, 0) is 0 Å². The van der Waals surface area contributed by atoms with Crippen molar-refractivity contribution in [3.63, 3.8) is 0 Å². The molecule has 0 bridgehead atoms. The highest BCUT2D eigenvalue weighted by molar-refractivity contribution is 5.97. The van der Waals surface area contributed by atoms with E-state index in [0.29, 0.717) is 18.6 Å². The maximum absolute atomic E-state index is 15.1. The molecule has 1 unspecified atom stereocenters. The maximum atomic E-state index is 15.1. The maximum Gasteiger partial charge on any atom is 0.341 e. The van der Waals surface area contributed by atoms with Crippen molar-refractivity contribution in [2.24, 2.45) is 5.73 Å². The van der Waals surface area contributed by atoms with E-state index in [-0.39, 0.29) is 29.5 Å². The number of nitrogens with zero attached hydrogens (tertiary/aromatic N) is 2. The molecule has 27 heavy (non-hydrogen) atoms. The van der Waals surface area contributed by atoms with E-state index < -0.39 is 28.3 Å². The van der Waals surface area contributed by atoms with Gasteiger partial charge >= 0.3 is 5.97 Å². The fourth-order valence-electron chi connectivity index (χ4n) is 3.79. The smallest absolute Gasteiger partial charge is 0.341 e. The standard InChI is InChI=1S/C19H20FN3O4/c1-9-5-22(8-19(9,3)21)15-13(20)4-11-14-17(15)27-7-10(2)23(14)6-12(16(11)24)18(25)26/h4,6,10H,1,5,7-8,21H2,2-3H3,(H,25,26)/t10-,19?/m0/s1. The third kappa shape index (κ3) is 2.43. The van der Waals surface area contributed by atoms with Crippen LogP contribution < -0.4 is 20.8 Å². The number of aromatic nitrogens is 1. The summed E-state index contributed by atoms with van der Waals surface area (Å²) in [6.45, 7) is 8.61. The summed E-state index contributed by atoms with van der Waals surface area (Å²) in [6.07, 6.45) is 1.31. The Bertz CT molecular complexity index is 1070. The number of anilines is 1. The molecule has 8 heteroatoms. The van der Waals surface area contributed by atoms with Crippen LogP contribution in [0.15, 0.2) is 29.2 Å². The predicted octanol–water partition coefficient (Wildman–Crippen LogP) is 1.89. The Morgan fingerprint density at radius 1 is 1.52 bits per heavy atom. The minimum absolute atomic E-state index is 0.00812. The third-order valence-electron chi connectivity index (χ3n) is 5.40. The summed E-state index contributed by atoms with van der Waals surface area (Å²) in [5.41, 5.74) is 5.84. The van der Waals surface area contributed by atoms with Crippen molar-refractivity contribution in [1.29, 1.82) is 0 Å². The minimum Gasteiger partial charge on any atom is -0.487 e. The van der Waals surface area contributed by atoms with Gasteiger partial charge in [0.2, 0.25) is 5.43 Å². The van der Waals surface area contributed by atoms with Gasteiger partial charge < -0.3 is 25.0 Å². The van der Waals surface area contributed by atoms with Gasteiger partial charge in [-0.15, -0.1) is 0 Å². The van der Waals surface area contributed by atoms with E-state index in [2.05, 4.69) is 6.58 Å². The summed E-state index contributed by atoms with van der Waals surface area (Å²) in [5, 5.41) is 9.32. The van der Waals surface area contributed by atoms with E-state index in [9.17, 15) is 14.7 Å². The molecule has 1 aromatic carbocycles. The quantitative estimate of drug-likeness (QED) is 0.780. The number of carbonyl (C=O) groups is 1. The van der Waals surface area contributed by atoms with Gasteiger partial charge in [-0.05, 0) is 25.5 Å². The van der Waals surface area contributed by atoms with Gasteiger partial charge in [-0.3, -0.25) is 4.79 Å². The van der Waals surface area contributed by atoms with Gasteiger partial charge in [-0.2, -0.15) is 0 Å². The van der Waals surface area contributed by atoms with Crippen molar-refractivity contribution in [3.8, 4) is 5.75 Å². The predicted molar refractivity (Wildman–Crippen MR) is 99.3 cm³/mol. The monoisotopic (exact) mass is 373 g/mol. The molecule has 1 saturated heterocycles. The number of rotatable bonds is 2. The molecular formula is C19H20FN3O4. The molecule has 1 fully saturated rings. The number of ether oxygens (including phenoxy) is 1. The summed E-state index contributed by atoms with van der Waals surface area (Å²) in [4.78, 5) is 25.8. The summed E-state index contributed by atoms with van der Waals surface area (Å²) in [5.74, 6) is -1.75. The fourth-order valence-corrected chi connectivity index (χ4v) is 3.79. The number of nitrogens with two attached hydrogens (primary N) is 1. The van der Waals surface area contributed by atoms with E-state index >= 15 is 4.39 Å². The lowest BCUT2D eigenvalue weighted by Crippen LogP contribution is -2.40. The van der Waals surface area contributed by atoms with Crippen LogP contribution in [0, 0.1) is 5.82 Å². The zero-order valence-corrected chi connectivity index (χ0v) is 15.1. The largest absolute Gasteiger partial charge is 0.487 e. The van der Waals surface area contributed by atoms with Gasteiger partial charge in [0.25, 0.3) is 0 Å². The normalized spacial score (nSPS) is 24.4. The first-order valence-corrected chi connectivity index (χ1v) is 8.61. The van der Waals surface area contributed by atoms with Crippen LogP contribution in [0.25, 0.3) is 10.9 Å². The van der Waals surface area contributed by atoms with Crippen molar-refractivity contribution in [3.05, 3.63) is 46.0 Å². The molecule has 2 aliphatic rings. The van der Waals surface area contributed by atoms with Gasteiger partial charge in [0.05, 0.1) is 22.5 Å². The van der Waals surface area contributed by atoms with E-state index in [4.69, 9.17) is 10.5 Å². The molecule has 1 aromatic heterocycles. The van der Waals surface area contributed by atoms with Crippen molar-refractivity contribution in [2.75, 3.05) is 24.6 Å². The molecule has 7 nitrogen and oxygen atoms in total. The van der Waals surface area contributed by atoms with Crippen LogP contribution in [0.4, 0.5) is 10.1 Å². The van der Waals surface area contributed by atoms with Crippen LogP contribution >= 0.6 is 0 Å². The molecule has 2 aromatic rings. The highest BCUT2D eigenvalue weighted by atomic mass is 19.1. The number of halogens is 1. The van der Waals surface area contributed by atoms with Gasteiger partial charge in [-0.25, -0.2) is 9.18 Å². The number of pyridine rings is 1. The summed E-state index contributed by atoms with van der Waals surface area (Å²) in [6, 6.07) is 0.890. The molecule has 4 rings (SSSR count). The Balaban J connectivity index is 2.04. The molecule has 2 aliphatic heterocycles. The molecular weight excluding hydrogens is 353 g/mol. The first-order chi connectivity index (χ1) is 12.6. The molecule has 2 atom stereocenters. The lowest BCUT2D eigenvalue weighted by atomic mass is 9.99. The van der Waals surface area contributed by atoms with Crippen LogP contribution in [-0.4, -0.2) is 40.9 Å². The van der Waals surface area contributed by atoms with Gasteiger partial charge in [0.1, 0.15) is 17.9 Å². The van der Waals surface area contributed by atoms with Gasteiger partial charge in [0, 0.05) is 19.3 Å². The molecule has 0 aliphatic carbocycles. The Kier molecular flexibility index (Phi) is 3.61. The average molecular weight is 373 g/mol. The highest BCUT2D eigenvalue weighted by Gasteiger charge is 2.38. The van der Waals surface area contributed by atoms with Crippen LogP contribution in [0.3, 0.4) is 0 Å². The zero-order chi connectivity index (χ0) is 19.7. The molecule has 142 valence electrons. The first kappa shape index (κ1) is 17.5. The van der Waals surface area contributed by atoms with E-state index in [1.807, 2.05) is 13.8 Å². The summed E-state index contributed by atoms with van der Waals surface area (Å²) in [7, 11) is 0. The topological polar surface area (TPSA) is 97.8 Å². The molecule has 3 heterocycles. The van der Waals surface area contributed by atoms with Crippen molar-refractivity contribution in [1.82, 2.24) is 4.57 Å². The lowest BCUT2D eigenvalue weighted by molar-refractivity contribution is 0.0694. The molecule has 0 saturated carbocycles. The van der Waals surface area contributed by atoms with E-state index in [1.54, 1.807) is 9.47 Å². The SMILES string of the molecule is C=C1CN(c2c(F)cc3c(=O)c(C(=O)O)cn4c3c2OC[C@@H]4C)CC1(C)N. The Morgan fingerprint density at radius 3 is 2.81 bits per heavy atom. The number of benzene rings is 1. The number of carboxylic acid groups (broad SMARTS) is 1. The molecule has 0 amide bonds. The molecule has 3 N–H and O–H groups in total. The Morgan fingerprint density at radius 2 is 2.22 bits per heavy atom. The number of hydrogen-bond donors (Lipinski definition) is 2. The van der Waals surface area contributed by atoms with Crippen molar-refractivity contribution in [2.45, 2.75) is 25.4 Å². The lowest BCUT2D eigenvalue weighted by Gasteiger charge is -2.31. The highest BCUT2D eigenvalue weighted by Crippen LogP contribution is 2.43. The van der Waals surface area contributed by atoms with Crippen molar-refractivity contribution < 1.29 is 19.0 Å². The van der Waals surface area contributed by atoms with Crippen LogP contribution in [0.1, 0.15) is 30.2 Å². The summed E-state index contributed by atoms with van der Waals surface area (Å²) < 4.78 is 22.6. The molecule has 0 radical (unpaired) electrons. The van der Waals surface area contributed by atoms with E-state index in [1.165, 1.54) is 6.20 Å². The van der Waals surface area contributed by atoms with Crippen LogP contribution in [0.5, 0.6) is 5.75 Å². The van der Waals surface area contributed by atoms with Crippen LogP contribution in [0.2, 0.25) is 0 Å². The minimum atomic E-state index is -1.34. The van der Waals surface area contributed by atoms with E-state index in [0.717, 1.165) is 11.6 Å². The second-order valence-corrected chi connectivity index (χ2v) is 7.55. The Hall–Kier alpha value is -2.87. The first-order valence-electron chi connectivity index (χ1n) is 8.61.